The lowest BCUT2D eigenvalue weighted by molar-refractivity contribution is 0.381. The average Bonchev–Trinajstić information content (AvgIpc) is 2.58. The first-order valence-electron chi connectivity index (χ1n) is 8.12. The van der Waals surface area contributed by atoms with Gasteiger partial charge in [-0.05, 0) is 50.0 Å². The van der Waals surface area contributed by atoms with Crippen LogP contribution in [0.25, 0.3) is 6.08 Å². The van der Waals surface area contributed by atoms with Crippen LogP contribution in [-0.2, 0) is 0 Å². The molecule has 3 nitrogen and oxygen atoms in total. The lowest BCUT2D eigenvalue weighted by Gasteiger charge is -2.17. The predicted molar refractivity (Wildman–Crippen MR) is 111 cm³/mol. The molecule has 1 atom stereocenters. The van der Waals surface area contributed by atoms with Gasteiger partial charge in [0.15, 0.2) is 0 Å². The summed E-state index contributed by atoms with van der Waals surface area (Å²) in [4.78, 5) is 2.15. The lowest BCUT2D eigenvalue weighted by Crippen LogP contribution is -2.25. The zero-order valence-corrected chi connectivity index (χ0v) is 16.2. The molecule has 2 aromatic carbocycles. The van der Waals surface area contributed by atoms with Gasteiger partial charge in [0.05, 0.1) is 21.4 Å². The summed E-state index contributed by atoms with van der Waals surface area (Å²) in [5, 5.41) is 5.70. The molecule has 2 rings (SSSR count). The third kappa shape index (κ3) is 6.54. The first-order valence-corrected chi connectivity index (χ1v) is 8.88. The molecule has 0 aliphatic rings. The van der Waals surface area contributed by atoms with E-state index in [9.17, 15) is 0 Å². The number of para-hydroxylation sites is 1. The highest BCUT2D eigenvalue weighted by molar-refractivity contribution is 6.42. The highest BCUT2D eigenvalue weighted by atomic mass is 35.5. The number of anilines is 1. The highest BCUT2D eigenvalue weighted by Gasteiger charge is 2.10. The molecule has 0 aromatic heterocycles. The summed E-state index contributed by atoms with van der Waals surface area (Å²) in [7, 11) is 4.11. The van der Waals surface area contributed by atoms with Gasteiger partial charge in [-0.15, -0.1) is 0 Å². The van der Waals surface area contributed by atoms with Gasteiger partial charge >= 0.3 is 0 Å². The number of nitrogens with one attached hydrogen (secondary N) is 1. The number of rotatable bonds is 7. The Morgan fingerprint density at radius 1 is 1.12 bits per heavy atom. The summed E-state index contributed by atoms with van der Waals surface area (Å²) in [6.45, 7) is 3.06. The molecule has 0 spiro atoms. The summed E-state index contributed by atoms with van der Waals surface area (Å²) in [6.07, 6.45) is 4.02. The summed E-state index contributed by atoms with van der Waals surface area (Å²) >= 11 is 12.1. The van der Waals surface area contributed by atoms with Gasteiger partial charge in [0.2, 0.25) is 0 Å². The van der Waals surface area contributed by atoms with Crippen molar-refractivity contribution >= 4 is 40.7 Å². The monoisotopic (exact) mass is 375 g/mol. The van der Waals surface area contributed by atoms with E-state index in [0.717, 1.165) is 23.5 Å². The van der Waals surface area contributed by atoms with Gasteiger partial charge in [-0.1, -0.05) is 60.5 Å². The Labute approximate surface area is 160 Å². The maximum atomic E-state index is 6.09. The highest BCUT2D eigenvalue weighted by Crippen LogP contribution is 2.23. The molecule has 5 heteroatoms. The number of hydrazone groups is 1. The second kappa shape index (κ2) is 9.62. The van der Waals surface area contributed by atoms with Crippen LogP contribution in [0.15, 0.2) is 59.7 Å². The summed E-state index contributed by atoms with van der Waals surface area (Å²) in [6, 6.07) is 15.5. The minimum absolute atomic E-state index is 0.269. The zero-order valence-electron chi connectivity index (χ0n) is 14.7. The molecule has 132 valence electrons. The van der Waals surface area contributed by atoms with Crippen molar-refractivity contribution in [2.45, 2.75) is 6.92 Å². The number of halogens is 2. The third-order valence-electron chi connectivity index (χ3n) is 3.62. The fraction of sp³-hybridized carbons (Fsp3) is 0.250. The smallest absolute Gasteiger partial charge is 0.0648 e. The first-order chi connectivity index (χ1) is 12.0. The fourth-order valence-electron chi connectivity index (χ4n) is 2.39. The molecule has 0 unspecified atom stereocenters. The van der Waals surface area contributed by atoms with Crippen molar-refractivity contribution < 1.29 is 0 Å². The van der Waals surface area contributed by atoms with Gasteiger partial charge in [0.25, 0.3) is 0 Å². The standard InChI is InChI=1S/C20H23Cl2N3/c1-15(14-25(2)3)20(24-23-17-7-5-4-6-8-17)12-10-16-9-11-18(21)19(22)13-16/h4-13,15,23H,14H2,1-3H3/b12-10-,24-20-/t15-/m0/s1. The van der Waals surface area contributed by atoms with Crippen LogP contribution < -0.4 is 5.43 Å². The van der Waals surface area contributed by atoms with Crippen molar-refractivity contribution in [2.75, 3.05) is 26.1 Å². The van der Waals surface area contributed by atoms with Crippen LogP contribution in [0.5, 0.6) is 0 Å². The minimum Gasteiger partial charge on any atom is -0.309 e. The molecule has 0 bridgehead atoms. The van der Waals surface area contributed by atoms with Crippen molar-refractivity contribution in [2.24, 2.45) is 11.0 Å². The Morgan fingerprint density at radius 3 is 2.48 bits per heavy atom. The number of hydrogen-bond donors (Lipinski definition) is 1. The Balaban J connectivity index is 2.20. The Bertz CT molecular complexity index is 740. The van der Waals surface area contributed by atoms with Gasteiger partial charge in [-0.3, -0.25) is 5.43 Å². The number of benzene rings is 2. The second-order valence-corrected chi connectivity index (χ2v) is 7.00. The van der Waals surface area contributed by atoms with E-state index in [1.54, 1.807) is 6.07 Å². The summed E-state index contributed by atoms with van der Waals surface area (Å²) in [5.41, 5.74) is 6.03. The van der Waals surface area contributed by atoms with Crippen molar-refractivity contribution in [1.29, 1.82) is 0 Å². The van der Waals surface area contributed by atoms with E-state index in [-0.39, 0.29) is 5.92 Å². The molecule has 1 N–H and O–H groups in total. The molecule has 0 saturated carbocycles. The Kier molecular flexibility index (Phi) is 7.51. The van der Waals surface area contributed by atoms with Gasteiger partial charge in [0, 0.05) is 12.5 Å². The number of hydrogen-bond acceptors (Lipinski definition) is 3. The van der Waals surface area contributed by atoms with E-state index >= 15 is 0 Å². The molecular weight excluding hydrogens is 353 g/mol. The largest absolute Gasteiger partial charge is 0.309 e. The molecule has 2 aromatic rings. The van der Waals surface area contributed by atoms with E-state index in [4.69, 9.17) is 23.2 Å². The predicted octanol–water partition coefficient (Wildman–Crippen LogP) is 5.67. The summed E-state index contributed by atoms with van der Waals surface area (Å²) in [5.74, 6) is 0.269. The van der Waals surface area contributed by atoms with Crippen LogP contribution in [0.3, 0.4) is 0 Å². The van der Waals surface area contributed by atoms with Gasteiger partial charge in [0.1, 0.15) is 0 Å². The fourth-order valence-corrected chi connectivity index (χ4v) is 2.70. The SMILES string of the molecule is C[C@@H](CN(C)C)C(/C=C\c1ccc(Cl)c(Cl)c1)=N\Nc1ccccc1. The van der Waals surface area contributed by atoms with Crippen LogP contribution in [0, 0.1) is 5.92 Å². The van der Waals surface area contributed by atoms with E-state index in [0.29, 0.717) is 10.0 Å². The minimum atomic E-state index is 0.269. The van der Waals surface area contributed by atoms with E-state index < -0.39 is 0 Å². The molecular formula is C20H23Cl2N3. The van der Waals surface area contributed by atoms with Crippen LogP contribution in [-0.4, -0.2) is 31.3 Å². The van der Waals surface area contributed by atoms with Crippen LogP contribution in [0.4, 0.5) is 5.69 Å². The van der Waals surface area contributed by atoms with Crippen LogP contribution in [0.2, 0.25) is 10.0 Å². The molecule has 0 radical (unpaired) electrons. The maximum absolute atomic E-state index is 6.09. The second-order valence-electron chi connectivity index (χ2n) is 6.18. The van der Waals surface area contributed by atoms with Crippen LogP contribution in [0.1, 0.15) is 12.5 Å². The van der Waals surface area contributed by atoms with E-state index in [1.807, 2.05) is 54.6 Å². The van der Waals surface area contributed by atoms with Crippen molar-refractivity contribution in [3.8, 4) is 0 Å². The molecule has 0 aliphatic carbocycles. The van der Waals surface area contributed by atoms with E-state index in [1.165, 1.54) is 0 Å². The van der Waals surface area contributed by atoms with Gasteiger partial charge < -0.3 is 4.90 Å². The first kappa shape index (κ1) is 19.5. The normalized spacial score (nSPS) is 13.4. The quantitative estimate of drug-likeness (QED) is 0.498. The molecule has 0 fully saturated rings. The molecule has 0 amide bonds. The maximum Gasteiger partial charge on any atom is 0.0648 e. The average molecular weight is 376 g/mol. The topological polar surface area (TPSA) is 27.6 Å². The third-order valence-corrected chi connectivity index (χ3v) is 4.36. The number of nitrogens with zero attached hydrogens (tertiary/aromatic N) is 2. The van der Waals surface area contributed by atoms with Crippen LogP contribution >= 0.6 is 23.2 Å². The molecule has 0 heterocycles. The zero-order chi connectivity index (χ0) is 18.2. The van der Waals surface area contributed by atoms with Crippen molar-refractivity contribution in [1.82, 2.24) is 4.90 Å². The Hall–Kier alpha value is -1.81. The van der Waals surface area contributed by atoms with Crippen molar-refractivity contribution in [3.05, 3.63) is 70.2 Å². The van der Waals surface area contributed by atoms with Crippen molar-refractivity contribution in [3.63, 3.8) is 0 Å². The number of allylic oxidation sites excluding steroid dienone is 1. The lowest BCUT2D eigenvalue weighted by atomic mass is 10.0. The Morgan fingerprint density at radius 2 is 1.84 bits per heavy atom. The van der Waals surface area contributed by atoms with Gasteiger partial charge in [-0.25, -0.2) is 0 Å². The van der Waals surface area contributed by atoms with Gasteiger partial charge in [-0.2, -0.15) is 5.10 Å². The molecule has 0 saturated heterocycles. The molecule has 0 aliphatic heterocycles. The van der Waals surface area contributed by atoms with E-state index in [2.05, 4.69) is 36.4 Å². The molecule has 25 heavy (non-hydrogen) atoms. The summed E-state index contributed by atoms with van der Waals surface area (Å²) < 4.78 is 0.